The van der Waals surface area contributed by atoms with Crippen LogP contribution in [0.5, 0.6) is 0 Å². The van der Waals surface area contributed by atoms with Crippen molar-refractivity contribution in [3.8, 4) is 0 Å². The number of furan rings is 1. The third kappa shape index (κ3) is 6.74. The molecule has 1 aromatic carbocycles. The van der Waals surface area contributed by atoms with Crippen LogP contribution in [0.15, 0.2) is 96.0 Å². The van der Waals surface area contributed by atoms with Crippen LogP contribution in [-0.2, 0) is 20.1 Å². The summed E-state index contributed by atoms with van der Waals surface area (Å²) in [5.74, 6) is 0. The molecule has 0 spiro atoms. The Hall–Kier alpha value is -3.53. The molecule has 34 heavy (non-hydrogen) atoms. The van der Waals surface area contributed by atoms with E-state index >= 15 is 0 Å². The van der Waals surface area contributed by atoms with Gasteiger partial charge in [0, 0.05) is 53.2 Å². The quantitative estimate of drug-likeness (QED) is 0.120. The molecule has 0 aliphatic carbocycles. The molecule has 0 fully saturated rings. The first kappa shape index (κ1) is 17.0. The summed E-state index contributed by atoms with van der Waals surface area (Å²) >= 11 is 0. The van der Waals surface area contributed by atoms with Crippen molar-refractivity contribution < 1.29 is 35.5 Å². The summed E-state index contributed by atoms with van der Waals surface area (Å²) in [6.45, 7) is 4.24. The van der Waals surface area contributed by atoms with Gasteiger partial charge in [0.05, 0.1) is 6.95 Å². The zero-order valence-corrected chi connectivity index (χ0v) is 20.6. The molecule has 3 heterocycles. The van der Waals surface area contributed by atoms with Crippen LogP contribution in [0.2, 0.25) is 0 Å². The molecule has 0 amide bonds. The predicted octanol–water partition coefficient (Wildman–Crippen LogP) is 7.58. The summed E-state index contributed by atoms with van der Waals surface area (Å²) in [7, 11) is 0. The van der Waals surface area contributed by atoms with Gasteiger partial charge in [-0.05, 0) is 48.9 Å². The van der Waals surface area contributed by atoms with E-state index in [0.717, 1.165) is 30.5 Å². The van der Waals surface area contributed by atoms with Crippen LogP contribution < -0.4 is 0 Å². The molecule has 0 saturated carbocycles. The van der Waals surface area contributed by atoms with Gasteiger partial charge in [0.15, 0.2) is 0 Å². The minimum atomic E-state index is -2.51. The first-order valence-electron chi connectivity index (χ1n) is 14.1. The fourth-order valence-electron chi connectivity index (χ4n) is 2.90. The molecule has 0 N–H and O–H groups in total. The second kappa shape index (κ2) is 12.6. The summed E-state index contributed by atoms with van der Waals surface area (Å²) < 4.78 is 65.2. The third-order valence-electron chi connectivity index (χ3n) is 4.42. The number of aliphatic imine (C=N–C) groups is 1. The van der Waals surface area contributed by atoms with E-state index < -0.39 is 13.7 Å². The number of hydrogen-bond donors (Lipinski definition) is 0. The van der Waals surface area contributed by atoms with Crippen molar-refractivity contribution in [1.29, 1.82) is 0 Å². The van der Waals surface area contributed by atoms with Crippen molar-refractivity contribution in [3.63, 3.8) is 0 Å². The van der Waals surface area contributed by atoms with E-state index in [9.17, 15) is 0 Å². The molecule has 5 heteroatoms. The second-order valence-corrected chi connectivity index (χ2v) is 6.81. The number of allylic oxidation sites excluding steroid dienone is 3. The second-order valence-electron chi connectivity index (χ2n) is 6.81. The largest absolute Gasteiger partial charge is 0.486 e. The van der Waals surface area contributed by atoms with Crippen molar-refractivity contribution in [2.45, 2.75) is 20.1 Å². The van der Waals surface area contributed by atoms with Gasteiger partial charge in [-0.2, -0.15) is 18.6 Å². The van der Waals surface area contributed by atoms with Crippen LogP contribution in [0, 0.1) is 19.3 Å². The zero-order valence-electron chi connectivity index (χ0n) is 26.2. The topological polar surface area (TPSA) is 51.3 Å². The van der Waals surface area contributed by atoms with Gasteiger partial charge in [-0.3, -0.25) is 0 Å². The first-order valence-corrected chi connectivity index (χ1v) is 9.91. The van der Waals surface area contributed by atoms with Crippen molar-refractivity contribution >= 4 is 39.6 Å². The Labute approximate surface area is 226 Å². The monoisotopic (exact) mass is 634 g/mol. The Balaban J connectivity index is 0.000000399. The van der Waals surface area contributed by atoms with E-state index in [-0.39, 0.29) is 48.3 Å². The number of benzene rings is 1. The molecule has 0 aliphatic heterocycles. The molecule has 0 saturated heterocycles. The van der Waals surface area contributed by atoms with Crippen LogP contribution in [0.4, 0.5) is 0 Å². The van der Waals surface area contributed by atoms with Crippen LogP contribution in [0.25, 0.3) is 33.3 Å². The van der Waals surface area contributed by atoms with Crippen molar-refractivity contribution in [3.05, 3.63) is 116 Å². The van der Waals surface area contributed by atoms with Gasteiger partial charge in [-0.25, -0.2) is 4.98 Å². The average Bonchev–Trinajstić information content (AvgIpc) is 3.32. The molecule has 3 aromatic heterocycles. The summed E-state index contributed by atoms with van der Waals surface area (Å²) in [4.78, 5) is 12.3. The first-order chi connectivity index (χ1) is 19.4. The molecule has 175 valence electrons. The van der Waals surface area contributed by atoms with Crippen LogP contribution >= 0.6 is 0 Å². The number of aryl methyl sites for hydroxylation is 1. The number of fused-ring (bicyclic) bond motifs is 3. The maximum Gasteiger partial charge on any atom is 0.216 e. The molecule has 4 aromatic rings. The molecule has 4 rings (SSSR count). The Bertz CT molecular complexity index is 1620. The molecular weight excluding hydrogens is 599 g/mol. The van der Waals surface area contributed by atoms with E-state index in [0.29, 0.717) is 22.9 Å². The summed E-state index contributed by atoms with van der Waals surface area (Å²) in [6.07, 6.45) is 7.46. The number of rotatable bonds is 7. The maximum atomic E-state index is 7.65. The standard InChI is InChI=1S/C18H15N2O.C11H12N.Ir/c1-11(2)10-19-13(4)14-6-5-7-15-16-9-8-12(3)20-18(16)21-17(14)15;1-3-4-7-10(2)11-8-5-6-9-12-11;/h5,7-10H,1,4H2,2-3H3;3,5-9H,1-2,4H2;/q2*-1;/i1D,2D3,3D3,4D;;. The van der Waals surface area contributed by atoms with Gasteiger partial charge in [0.25, 0.3) is 0 Å². The fraction of sp³-hybridized carbons (Fsp3) is 0.103. The summed E-state index contributed by atoms with van der Waals surface area (Å²) in [5, 5.41) is 1.21. The fourth-order valence-corrected chi connectivity index (χ4v) is 2.90. The zero-order chi connectivity index (χ0) is 30.2. The van der Waals surface area contributed by atoms with Crippen LogP contribution in [0.1, 0.15) is 41.2 Å². The van der Waals surface area contributed by atoms with E-state index in [4.69, 9.17) is 15.4 Å². The minimum absolute atomic E-state index is 0. The Morgan fingerprint density at radius 3 is 2.88 bits per heavy atom. The van der Waals surface area contributed by atoms with Gasteiger partial charge in [-0.1, -0.05) is 42.1 Å². The van der Waals surface area contributed by atoms with Crippen LogP contribution in [0.3, 0.4) is 0 Å². The third-order valence-corrected chi connectivity index (χ3v) is 4.42. The number of nitrogens with zero attached hydrogens (tertiary/aromatic N) is 3. The van der Waals surface area contributed by atoms with Crippen LogP contribution in [-0.4, -0.2) is 16.2 Å². The Morgan fingerprint density at radius 1 is 1.26 bits per heavy atom. The van der Waals surface area contributed by atoms with Crippen molar-refractivity contribution in [2.75, 3.05) is 0 Å². The molecule has 1 radical (unpaired) electrons. The maximum absolute atomic E-state index is 7.65. The molecule has 4 nitrogen and oxygen atoms in total. The molecule has 0 aliphatic rings. The number of hydrogen-bond acceptors (Lipinski definition) is 4. The van der Waals surface area contributed by atoms with E-state index in [1.807, 2.05) is 30.7 Å². The van der Waals surface area contributed by atoms with E-state index in [1.54, 1.807) is 24.4 Å². The average molecular weight is 634 g/mol. The van der Waals surface area contributed by atoms with Crippen molar-refractivity contribution in [2.24, 2.45) is 4.99 Å². The van der Waals surface area contributed by atoms with Gasteiger partial charge < -0.3 is 14.4 Å². The molecular formula is C29H27IrN3O-2. The molecule has 0 atom stereocenters. The summed E-state index contributed by atoms with van der Waals surface area (Å²) in [6, 6.07) is 15.0. The minimum Gasteiger partial charge on any atom is -0.486 e. The van der Waals surface area contributed by atoms with Gasteiger partial charge >= 0.3 is 0 Å². The van der Waals surface area contributed by atoms with Gasteiger partial charge in [0.2, 0.25) is 5.71 Å². The Kier molecular flexibility index (Phi) is 6.31. The molecule has 0 unspecified atom stereocenters. The molecule has 0 bridgehead atoms. The SMILES string of the molecule is C=CC[CH-]C(=C)c1ccccn1.[2H]C=C(N=CC(=C[2H])C([2H])([2H])[2H])c1[c-]ccc2c1oc1nc(C([2H])([2H])[2H])ccc12.[Ir]. The number of aromatic nitrogens is 2. The van der Waals surface area contributed by atoms with E-state index in [2.05, 4.69) is 34.2 Å². The normalized spacial score (nSPS) is 15.8. The van der Waals surface area contributed by atoms with Gasteiger partial charge in [0.1, 0.15) is 0 Å². The van der Waals surface area contributed by atoms with E-state index in [1.165, 1.54) is 6.07 Å². The smallest absolute Gasteiger partial charge is 0.216 e. The Morgan fingerprint density at radius 2 is 2.18 bits per heavy atom. The van der Waals surface area contributed by atoms with Gasteiger partial charge in [-0.15, -0.1) is 31.3 Å². The predicted molar refractivity (Wildman–Crippen MR) is 140 cm³/mol. The van der Waals surface area contributed by atoms with Crippen molar-refractivity contribution in [1.82, 2.24) is 9.97 Å². The number of pyridine rings is 2. The summed E-state index contributed by atoms with van der Waals surface area (Å²) in [5.41, 5.74) is 2.25.